The summed E-state index contributed by atoms with van der Waals surface area (Å²) in [5.41, 5.74) is 0.886. The molecule has 18 heavy (non-hydrogen) atoms. The van der Waals surface area contributed by atoms with E-state index in [1.807, 2.05) is 12.1 Å². The minimum absolute atomic E-state index is 0.485. The standard InChI is InChI=1S/C13H18N4O/c1-2-3-4-5-8-15-13-17-16-12(18-13)11-6-9-14-10-7-11/h6-7,9-10H,2-5,8H2,1H3,(H,15,17). The molecule has 0 saturated carbocycles. The molecule has 0 fully saturated rings. The van der Waals surface area contributed by atoms with Gasteiger partial charge in [0.1, 0.15) is 0 Å². The Kier molecular flexibility index (Phi) is 4.69. The minimum atomic E-state index is 0.485. The van der Waals surface area contributed by atoms with Crippen molar-refractivity contribution in [3.05, 3.63) is 24.5 Å². The van der Waals surface area contributed by atoms with Gasteiger partial charge in [-0.3, -0.25) is 4.98 Å². The number of unbranched alkanes of at least 4 members (excludes halogenated alkanes) is 3. The van der Waals surface area contributed by atoms with Crippen LogP contribution in [0.4, 0.5) is 6.01 Å². The molecule has 0 aliphatic carbocycles. The van der Waals surface area contributed by atoms with E-state index in [1.54, 1.807) is 12.4 Å². The second-order valence-corrected chi connectivity index (χ2v) is 4.14. The van der Waals surface area contributed by atoms with Crippen LogP contribution in [0.5, 0.6) is 0 Å². The predicted octanol–water partition coefficient (Wildman–Crippen LogP) is 3.12. The molecule has 2 heterocycles. The Morgan fingerprint density at radius 1 is 1.11 bits per heavy atom. The fourth-order valence-electron chi connectivity index (χ4n) is 1.65. The molecule has 2 aromatic heterocycles. The average Bonchev–Trinajstić information content (AvgIpc) is 2.88. The van der Waals surface area contributed by atoms with Crippen LogP contribution in [-0.4, -0.2) is 21.7 Å². The van der Waals surface area contributed by atoms with Crippen LogP contribution in [0.1, 0.15) is 32.6 Å². The van der Waals surface area contributed by atoms with Crippen molar-refractivity contribution in [1.82, 2.24) is 15.2 Å². The van der Waals surface area contributed by atoms with E-state index in [2.05, 4.69) is 27.4 Å². The first-order valence-corrected chi connectivity index (χ1v) is 6.38. The molecule has 0 bridgehead atoms. The van der Waals surface area contributed by atoms with Crippen molar-refractivity contribution >= 4 is 6.01 Å². The molecule has 0 spiro atoms. The average molecular weight is 246 g/mol. The van der Waals surface area contributed by atoms with Gasteiger partial charge >= 0.3 is 6.01 Å². The number of nitrogens with one attached hydrogen (secondary N) is 1. The summed E-state index contributed by atoms with van der Waals surface area (Å²) in [5, 5.41) is 11.1. The Morgan fingerprint density at radius 3 is 2.72 bits per heavy atom. The summed E-state index contributed by atoms with van der Waals surface area (Å²) in [5.74, 6) is 0.522. The van der Waals surface area contributed by atoms with E-state index < -0.39 is 0 Å². The quantitative estimate of drug-likeness (QED) is 0.760. The second kappa shape index (κ2) is 6.74. The van der Waals surface area contributed by atoms with Gasteiger partial charge < -0.3 is 9.73 Å². The van der Waals surface area contributed by atoms with Crippen LogP contribution < -0.4 is 5.32 Å². The molecule has 0 saturated heterocycles. The lowest BCUT2D eigenvalue weighted by Crippen LogP contribution is -2.01. The van der Waals surface area contributed by atoms with Gasteiger partial charge in [-0.05, 0) is 18.6 Å². The van der Waals surface area contributed by atoms with Crippen LogP contribution in [-0.2, 0) is 0 Å². The Balaban J connectivity index is 1.83. The SMILES string of the molecule is CCCCCCNc1nnc(-c2ccncc2)o1. The number of rotatable bonds is 7. The number of nitrogens with zero attached hydrogens (tertiary/aromatic N) is 3. The third kappa shape index (κ3) is 3.55. The molecule has 1 N–H and O–H groups in total. The van der Waals surface area contributed by atoms with Crippen molar-refractivity contribution in [2.45, 2.75) is 32.6 Å². The van der Waals surface area contributed by atoms with E-state index in [-0.39, 0.29) is 0 Å². The maximum absolute atomic E-state index is 5.52. The van der Waals surface area contributed by atoms with Crippen LogP contribution in [0, 0.1) is 0 Å². The molecule has 0 unspecified atom stereocenters. The van der Waals surface area contributed by atoms with Crippen LogP contribution in [0.25, 0.3) is 11.5 Å². The van der Waals surface area contributed by atoms with Gasteiger partial charge in [-0.1, -0.05) is 31.3 Å². The molecule has 2 aromatic rings. The van der Waals surface area contributed by atoms with E-state index in [9.17, 15) is 0 Å². The van der Waals surface area contributed by atoms with Crippen molar-refractivity contribution in [2.75, 3.05) is 11.9 Å². The molecule has 0 amide bonds. The van der Waals surface area contributed by atoms with E-state index in [1.165, 1.54) is 19.3 Å². The minimum Gasteiger partial charge on any atom is -0.403 e. The third-order valence-electron chi connectivity index (χ3n) is 2.66. The third-order valence-corrected chi connectivity index (χ3v) is 2.66. The molecule has 0 aromatic carbocycles. The van der Waals surface area contributed by atoms with Crippen molar-refractivity contribution in [2.24, 2.45) is 0 Å². The van der Waals surface area contributed by atoms with Crippen LogP contribution >= 0.6 is 0 Å². The topological polar surface area (TPSA) is 63.8 Å². The van der Waals surface area contributed by atoms with Gasteiger partial charge in [-0.2, -0.15) is 0 Å². The van der Waals surface area contributed by atoms with Gasteiger partial charge in [-0.25, -0.2) is 0 Å². The molecule has 5 nitrogen and oxygen atoms in total. The lowest BCUT2D eigenvalue weighted by atomic mass is 10.2. The molecular formula is C13H18N4O. The van der Waals surface area contributed by atoms with Crippen molar-refractivity contribution in [3.63, 3.8) is 0 Å². The number of hydrogen-bond acceptors (Lipinski definition) is 5. The van der Waals surface area contributed by atoms with Gasteiger partial charge in [0, 0.05) is 24.5 Å². The molecule has 0 atom stereocenters. The van der Waals surface area contributed by atoms with Crippen molar-refractivity contribution in [1.29, 1.82) is 0 Å². The van der Waals surface area contributed by atoms with Crippen molar-refractivity contribution < 1.29 is 4.42 Å². The summed E-state index contributed by atoms with van der Waals surface area (Å²) in [7, 11) is 0. The van der Waals surface area contributed by atoms with Crippen molar-refractivity contribution in [3.8, 4) is 11.5 Å². The molecular weight excluding hydrogens is 228 g/mol. The number of hydrogen-bond donors (Lipinski definition) is 1. The lowest BCUT2D eigenvalue weighted by molar-refractivity contribution is 0.576. The van der Waals surface area contributed by atoms with Crippen LogP contribution in [0.15, 0.2) is 28.9 Å². The molecule has 0 radical (unpaired) electrons. The Bertz CT molecular complexity index is 455. The van der Waals surface area contributed by atoms with Gasteiger partial charge in [0.2, 0.25) is 5.89 Å². The second-order valence-electron chi connectivity index (χ2n) is 4.14. The Hall–Kier alpha value is -1.91. The number of anilines is 1. The summed E-state index contributed by atoms with van der Waals surface area (Å²) in [6.07, 6.45) is 8.28. The molecule has 0 aliphatic rings. The Labute approximate surface area is 107 Å². The summed E-state index contributed by atoms with van der Waals surface area (Å²) in [6, 6.07) is 4.18. The highest BCUT2D eigenvalue weighted by Gasteiger charge is 2.06. The van der Waals surface area contributed by atoms with Crippen LogP contribution in [0.3, 0.4) is 0 Å². The molecule has 0 aliphatic heterocycles. The lowest BCUT2D eigenvalue weighted by Gasteiger charge is -1.99. The van der Waals surface area contributed by atoms with Gasteiger partial charge in [0.25, 0.3) is 0 Å². The fourth-order valence-corrected chi connectivity index (χ4v) is 1.65. The van der Waals surface area contributed by atoms with E-state index in [0.29, 0.717) is 11.9 Å². The zero-order chi connectivity index (χ0) is 12.6. The first-order valence-electron chi connectivity index (χ1n) is 6.38. The first kappa shape index (κ1) is 12.5. The van der Waals surface area contributed by atoms with Gasteiger partial charge in [-0.15, -0.1) is 5.10 Å². The zero-order valence-electron chi connectivity index (χ0n) is 10.6. The normalized spacial score (nSPS) is 10.5. The predicted molar refractivity (Wildman–Crippen MR) is 70.2 cm³/mol. The fraction of sp³-hybridized carbons (Fsp3) is 0.462. The van der Waals surface area contributed by atoms with Crippen LogP contribution in [0.2, 0.25) is 0 Å². The summed E-state index contributed by atoms with van der Waals surface area (Å²) in [6.45, 7) is 3.07. The highest BCUT2D eigenvalue weighted by atomic mass is 16.4. The monoisotopic (exact) mass is 246 g/mol. The van der Waals surface area contributed by atoms with E-state index >= 15 is 0 Å². The zero-order valence-corrected chi connectivity index (χ0v) is 10.6. The number of aromatic nitrogens is 3. The highest BCUT2D eigenvalue weighted by Crippen LogP contribution is 2.18. The molecule has 5 heteroatoms. The van der Waals surface area contributed by atoms with E-state index in [4.69, 9.17) is 4.42 Å². The maximum Gasteiger partial charge on any atom is 0.315 e. The highest BCUT2D eigenvalue weighted by molar-refractivity contribution is 5.51. The summed E-state index contributed by atoms with van der Waals surface area (Å²) < 4.78 is 5.52. The van der Waals surface area contributed by atoms with Gasteiger partial charge in [0.15, 0.2) is 0 Å². The first-order chi connectivity index (χ1) is 8.90. The van der Waals surface area contributed by atoms with E-state index in [0.717, 1.165) is 18.5 Å². The summed E-state index contributed by atoms with van der Waals surface area (Å²) >= 11 is 0. The smallest absolute Gasteiger partial charge is 0.315 e. The summed E-state index contributed by atoms with van der Waals surface area (Å²) in [4.78, 5) is 3.95. The largest absolute Gasteiger partial charge is 0.403 e. The Morgan fingerprint density at radius 2 is 1.94 bits per heavy atom. The maximum atomic E-state index is 5.52. The molecule has 96 valence electrons. The van der Waals surface area contributed by atoms with Gasteiger partial charge in [0.05, 0.1) is 0 Å². The molecule has 2 rings (SSSR count). The number of pyridine rings is 1.